The summed E-state index contributed by atoms with van der Waals surface area (Å²) in [5, 5.41) is 3.87. The van der Waals surface area contributed by atoms with E-state index in [4.69, 9.17) is 10.5 Å². The van der Waals surface area contributed by atoms with E-state index in [1.165, 1.54) is 10.9 Å². The van der Waals surface area contributed by atoms with Crippen LogP contribution in [0, 0.1) is 0 Å². The van der Waals surface area contributed by atoms with Crippen LogP contribution in [0.1, 0.15) is 10.4 Å². The van der Waals surface area contributed by atoms with Gasteiger partial charge in [0.15, 0.2) is 0 Å². The zero-order valence-corrected chi connectivity index (χ0v) is 8.75. The first-order chi connectivity index (χ1) is 7.68. The Bertz CT molecular complexity index is 505. The van der Waals surface area contributed by atoms with Crippen molar-refractivity contribution in [2.45, 2.75) is 0 Å². The monoisotopic (exact) mass is 217 g/mol. The van der Waals surface area contributed by atoms with E-state index < -0.39 is 5.97 Å². The molecule has 0 aliphatic carbocycles. The molecule has 2 rings (SSSR count). The summed E-state index contributed by atoms with van der Waals surface area (Å²) in [4.78, 5) is 11.7. The maximum atomic E-state index is 11.7. The molecule has 82 valence electrons. The average molecular weight is 217 g/mol. The quantitative estimate of drug-likeness (QED) is 0.606. The summed E-state index contributed by atoms with van der Waals surface area (Å²) in [7, 11) is 1.66. The molecule has 1 heterocycles. The number of anilines is 1. The van der Waals surface area contributed by atoms with Gasteiger partial charge in [0.1, 0.15) is 17.1 Å². The van der Waals surface area contributed by atoms with E-state index >= 15 is 0 Å². The molecular weight excluding hydrogens is 206 g/mol. The number of nitrogens with zero attached hydrogens (tertiary/aromatic N) is 2. The standard InChI is InChI=1S/C11H11N3O2/c1-14-10(12)9(7-13-14)11(15)16-8-5-3-2-4-6-8/h2-7H,12H2,1H3. The summed E-state index contributed by atoms with van der Waals surface area (Å²) in [6.45, 7) is 0. The van der Waals surface area contributed by atoms with Crippen molar-refractivity contribution >= 4 is 11.8 Å². The van der Waals surface area contributed by atoms with Gasteiger partial charge in [-0.1, -0.05) is 18.2 Å². The number of rotatable bonds is 2. The predicted octanol–water partition coefficient (Wildman–Crippen LogP) is 1.22. The lowest BCUT2D eigenvalue weighted by Crippen LogP contribution is -2.10. The number of carbonyl (C=O) groups is 1. The Balaban J connectivity index is 2.18. The molecule has 0 saturated heterocycles. The van der Waals surface area contributed by atoms with E-state index in [1.807, 2.05) is 6.07 Å². The van der Waals surface area contributed by atoms with Gasteiger partial charge >= 0.3 is 5.97 Å². The lowest BCUT2D eigenvalue weighted by atomic mass is 10.3. The van der Waals surface area contributed by atoms with Crippen molar-refractivity contribution in [3.63, 3.8) is 0 Å². The summed E-state index contributed by atoms with van der Waals surface area (Å²) in [6, 6.07) is 8.81. The second-order valence-corrected chi connectivity index (χ2v) is 3.27. The van der Waals surface area contributed by atoms with Crippen LogP contribution in [-0.2, 0) is 7.05 Å². The molecule has 0 radical (unpaired) electrons. The molecule has 0 aliphatic rings. The number of esters is 1. The van der Waals surface area contributed by atoms with Crippen molar-refractivity contribution in [1.82, 2.24) is 9.78 Å². The van der Waals surface area contributed by atoms with Crippen LogP contribution in [0.25, 0.3) is 0 Å². The molecule has 5 heteroatoms. The van der Waals surface area contributed by atoms with Gasteiger partial charge < -0.3 is 10.5 Å². The number of benzene rings is 1. The first-order valence-electron chi connectivity index (χ1n) is 4.73. The van der Waals surface area contributed by atoms with Crippen LogP contribution in [0.3, 0.4) is 0 Å². The number of nitrogen functional groups attached to an aromatic ring is 1. The molecule has 5 nitrogen and oxygen atoms in total. The number of carbonyl (C=O) groups excluding carboxylic acids is 1. The lowest BCUT2D eigenvalue weighted by Gasteiger charge is -2.02. The van der Waals surface area contributed by atoms with Crippen LogP contribution in [0.4, 0.5) is 5.82 Å². The first kappa shape index (κ1) is 10.2. The fraction of sp³-hybridized carbons (Fsp3) is 0.0909. The molecule has 2 aromatic rings. The third-order valence-electron chi connectivity index (χ3n) is 2.16. The fourth-order valence-corrected chi connectivity index (χ4v) is 1.25. The molecule has 0 bridgehead atoms. The Labute approximate surface area is 92.4 Å². The number of aromatic nitrogens is 2. The van der Waals surface area contributed by atoms with Gasteiger partial charge in [0, 0.05) is 7.05 Å². The minimum atomic E-state index is -0.503. The molecule has 1 aromatic heterocycles. The maximum absolute atomic E-state index is 11.7. The van der Waals surface area contributed by atoms with Crippen LogP contribution < -0.4 is 10.5 Å². The Morgan fingerprint density at radius 1 is 1.38 bits per heavy atom. The predicted molar refractivity (Wildman–Crippen MR) is 59.0 cm³/mol. The van der Waals surface area contributed by atoms with Crippen LogP contribution >= 0.6 is 0 Å². The highest BCUT2D eigenvalue weighted by molar-refractivity contribution is 5.95. The third kappa shape index (κ3) is 1.88. The summed E-state index contributed by atoms with van der Waals surface area (Å²) in [5.41, 5.74) is 5.93. The van der Waals surface area contributed by atoms with Crippen molar-refractivity contribution < 1.29 is 9.53 Å². The normalized spacial score (nSPS) is 10.1. The SMILES string of the molecule is Cn1ncc(C(=O)Oc2ccccc2)c1N. The van der Waals surface area contributed by atoms with Crippen molar-refractivity contribution in [2.24, 2.45) is 7.05 Å². The number of aryl methyl sites for hydroxylation is 1. The topological polar surface area (TPSA) is 70.1 Å². The number of nitrogens with two attached hydrogens (primary N) is 1. The van der Waals surface area contributed by atoms with Gasteiger partial charge in [0.2, 0.25) is 0 Å². The molecule has 0 spiro atoms. The minimum Gasteiger partial charge on any atom is -0.423 e. The Morgan fingerprint density at radius 3 is 2.62 bits per heavy atom. The van der Waals surface area contributed by atoms with Crippen molar-refractivity contribution in [1.29, 1.82) is 0 Å². The lowest BCUT2D eigenvalue weighted by molar-refractivity contribution is 0.0736. The maximum Gasteiger partial charge on any atom is 0.348 e. The van der Waals surface area contributed by atoms with E-state index in [-0.39, 0.29) is 5.56 Å². The largest absolute Gasteiger partial charge is 0.423 e. The number of ether oxygens (including phenoxy) is 1. The molecule has 1 aromatic carbocycles. The molecule has 0 amide bonds. The van der Waals surface area contributed by atoms with Crippen molar-refractivity contribution in [2.75, 3.05) is 5.73 Å². The summed E-state index contributed by atoms with van der Waals surface area (Å²) in [5.74, 6) is 0.272. The third-order valence-corrected chi connectivity index (χ3v) is 2.16. The molecular formula is C11H11N3O2. The second kappa shape index (κ2) is 4.06. The highest BCUT2D eigenvalue weighted by atomic mass is 16.5. The van der Waals surface area contributed by atoms with E-state index in [1.54, 1.807) is 31.3 Å². The van der Waals surface area contributed by atoms with E-state index in [0.717, 1.165) is 0 Å². The molecule has 0 atom stereocenters. The molecule has 16 heavy (non-hydrogen) atoms. The van der Waals surface area contributed by atoms with Crippen LogP contribution in [0.5, 0.6) is 5.75 Å². The van der Waals surface area contributed by atoms with E-state index in [0.29, 0.717) is 11.6 Å². The Morgan fingerprint density at radius 2 is 2.06 bits per heavy atom. The van der Waals surface area contributed by atoms with Gasteiger partial charge in [-0.15, -0.1) is 0 Å². The van der Waals surface area contributed by atoms with Gasteiger partial charge in [-0.05, 0) is 12.1 Å². The fourth-order valence-electron chi connectivity index (χ4n) is 1.25. The number of hydrogen-bond acceptors (Lipinski definition) is 4. The van der Waals surface area contributed by atoms with Gasteiger partial charge in [-0.25, -0.2) is 4.79 Å². The van der Waals surface area contributed by atoms with Crippen LogP contribution in [0.15, 0.2) is 36.5 Å². The second-order valence-electron chi connectivity index (χ2n) is 3.27. The molecule has 2 N–H and O–H groups in total. The molecule has 0 aliphatic heterocycles. The highest BCUT2D eigenvalue weighted by Gasteiger charge is 2.15. The van der Waals surface area contributed by atoms with Crippen molar-refractivity contribution in [3.8, 4) is 5.75 Å². The van der Waals surface area contributed by atoms with Crippen LogP contribution in [0.2, 0.25) is 0 Å². The Hall–Kier alpha value is -2.30. The molecule has 0 saturated carbocycles. The summed E-state index contributed by atoms with van der Waals surface area (Å²) in [6.07, 6.45) is 1.39. The number of hydrogen-bond donors (Lipinski definition) is 1. The highest BCUT2D eigenvalue weighted by Crippen LogP contribution is 2.15. The first-order valence-corrected chi connectivity index (χ1v) is 4.73. The van der Waals surface area contributed by atoms with Gasteiger partial charge in [-0.3, -0.25) is 4.68 Å². The van der Waals surface area contributed by atoms with E-state index in [9.17, 15) is 4.79 Å². The summed E-state index contributed by atoms with van der Waals surface area (Å²) >= 11 is 0. The van der Waals surface area contributed by atoms with Gasteiger partial charge in [0.25, 0.3) is 0 Å². The van der Waals surface area contributed by atoms with Gasteiger partial charge in [-0.2, -0.15) is 5.10 Å². The summed E-state index contributed by atoms with van der Waals surface area (Å²) < 4.78 is 6.54. The Kier molecular flexibility index (Phi) is 2.59. The number of para-hydroxylation sites is 1. The average Bonchev–Trinajstić information content (AvgIpc) is 2.61. The van der Waals surface area contributed by atoms with Crippen molar-refractivity contribution in [3.05, 3.63) is 42.1 Å². The van der Waals surface area contributed by atoms with Gasteiger partial charge in [0.05, 0.1) is 6.20 Å². The zero-order chi connectivity index (χ0) is 11.5. The minimum absolute atomic E-state index is 0.270. The zero-order valence-electron chi connectivity index (χ0n) is 8.75. The van der Waals surface area contributed by atoms with E-state index in [2.05, 4.69) is 5.10 Å². The molecule has 0 fully saturated rings. The smallest absolute Gasteiger partial charge is 0.348 e. The van der Waals surface area contributed by atoms with Crippen LogP contribution in [-0.4, -0.2) is 15.7 Å². The molecule has 0 unspecified atom stereocenters.